The topological polar surface area (TPSA) is 138 Å². The Hall–Kier alpha value is -3.42. The largest absolute Gasteiger partial charge is 0.326 e. The molecule has 0 atom stereocenters. The lowest BCUT2D eigenvalue weighted by Crippen LogP contribution is -2.42. The molecule has 10 nitrogen and oxygen atoms in total. The molecule has 0 saturated carbocycles. The third-order valence-electron chi connectivity index (χ3n) is 5.74. The van der Waals surface area contributed by atoms with E-state index in [9.17, 15) is 26.0 Å². The van der Waals surface area contributed by atoms with Crippen molar-refractivity contribution in [1.29, 1.82) is 0 Å². The number of carbonyl (C=O) groups excluding carboxylic acids is 1. The molecule has 2 N–H and O–H groups in total. The number of anilines is 2. The summed E-state index contributed by atoms with van der Waals surface area (Å²) in [6.07, 6.45) is 3.45. The summed E-state index contributed by atoms with van der Waals surface area (Å²) in [4.78, 5) is 20.3. The fourth-order valence-corrected chi connectivity index (χ4v) is 6.33. The summed E-state index contributed by atoms with van der Waals surface area (Å²) in [5.41, 5.74) is 0.513. The minimum atomic E-state index is -3.90. The first-order valence-corrected chi connectivity index (χ1v) is 14.2. The van der Waals surface area contributed by atoms with Crippen LogP contribution >= 0.6 is 0 Å². The number of hydrogen-bond donors (Lipinski definition) is 2. The quantitative estimate of drug-likeness (QED) is 0.454. The Morgan fingerprint density at radius 2 is 1.58 bits per heavy atom. The van der Waals surface area contributed by atoms with E-state index < -0.39 is 37.5 Å². The van der Waals surface area contributed by atoms with Crippen molar-refractivity contribution in [2.45, 2.75) is 23.5 Å². The second-order valence-corrected chi connectivity index (χ2v) is 11.9. The third-order valence-corrected chi connectivity index (χ3v) is 8.91. The van der Waals surface area contributed by atoms with E-state index in [1.807, 2.05) is 0 Å². The SMILES string of the molecule is O=C(Nc1ccc(S(=O)(=O)Nc2ncccn2)cc1)C1CCN(S(=O)(=O)Cc2ccccc2F)CC1. The second kappa shape index (κ2) is 10.7. The Kier molecular flexibility index (Phi) is 7.62. The molecule has 0 aliphatic carbocycles. The molecule has 1 aliphatic rings. The number of benzene rings is 2. The van der Waals surface area contributed by atoms with Gasteiger partial charge in [-0.05, 0) is 49.2 Å². The zero-order valence-corrected chi connectivity index (χ0v) is 20.7. The number of rotatable bonds is 8. The molecular formula is C23H24FN5O5S2. The first-order valence-electron chi connectivity index (χ1n) is 11.1. The molecule has 1 aliphatic heterocycles. The van der Waals surface area contributed by atoms with Gasteiger partial charge in [0.15, 0.2) is 0 Å². The summed E-state index contributed by atoms with van der Waals surface area (Å²) < 4.78 is 67.8. The molecule has 1 fully saturated rings. The molecular weight excluding hydrogens is 509 g/mol. The molecule has 0 bridgehead atoms. The Labute approximate surface area is 208 Å². The summed E-state index contributed by atoms with van der Waals surface area (Å²) >= 11 is 0. The predicted octanol–water partition coefficient (Wildman–Crippen LogP) is 2.60. The summed E-state index contributed by atoms with van der Waals surface area (Å²) in [5, 5.41) is 2.74. The molecule has 0 radical (unpaired) electrons. The normalized spacial score (nSPS) is 15.4. The van der Waals surface area contributed by atoms with E-state index in [1.165, 1.54) is 59.2 Å². The van der Waals surface area contributed by atoms with Crippen LogP contribution in [-0.4, -0.2) is 50.1 Å². The highest BCUT2D eigenvalue weighted by Gasteiger charge is 2.31. The summed E-state index contributed by atoms with van der Waals surface area (Å²) in [6, 6.07) is 12.9. The van der Waals surface area contributed by atoms with Gasteiger partial charge in [0.05, 0.1) is 10.6 Å². The minimum absolute atomic E-state index is 0.0266. The number of carbonyl (C=O) groups is 1. The average Bonchev–Trinajstić information content (AvgIpc) is 2.86. The highest BCUT2D eigenvalue weighted by molar-refractivity contribution is 7.92. The Morgan fingerprint density at radius 1 is 0.944 bits per heavy atom. The maximum absolute atomic E-state index is 13.9. The number of aromatic nitrogens is 2. The highest BCUT2D eigenvalue weighted by Crippen LogP contribution is 2.24. The van der Waals surface area contributed by atoms with Gasteiger partial charge in [-0.25, -0.2) is 40.2 Å². The Morgan fingerprint density at radius 3 is 2.22 bits per heavy atom. The summed E-state index contributed by atoms with van der Waals surface area (Å²) in [6.45, 7) is 0.304. The van der Waals surface area contributed by atoms with Crippen LogP contribution < -0.4 is 10.0 Å². The predicted molar refractivity (Wildman–Crippen MR) is 131 cm³/mol. The van der Waals surface area contributed by atoms with Crippen LogP contribution in [0.1, 0.15) is 18.4 Å². The van der Waals surface area contributed by atoms with Crippen LogP contribution in [0.5, 0.6) is 0 Å². The maximum atomic E-state index is 13.9. The van der Waals surface area contributed by atoms with Crippen molar-refractivity contribution in [3.8, 4) is 0 Å². The maximum Gasteiger partial charge on any atom is 0.264 e. The van der Waals surface area contributed by atoms with Crippen LogP contribution in [0.25, 0.3) is 0 Å². The average molecular weight is 534 g/mol. The lowest BCUT2D eigenvalue weighted by molar-refractivity contribution is -0.120. The van der Waals surface area contributed by atoms with Gasteiger partial charge in [-0.15, -0.1) is 0 Å². The van der Waals surface area contributed by atoms with Crippen molar-refractivity contribution < 1.29 is 26.0 Å². The number of nitrogens with one attached hydrogen (secondary N) is 2. The molecule has 3 aromatic rings. The van der Waals surface area contributed by atoms with Crippen molar-refractivity contribution in [3.05, 3.63) is 78.4 Å². The molecule has 0 unspecified atom stereocenters. The van der Waals surface area contributed by atoms with Crippen molar-refractivity contribution in [1.82, 2.24) is 14.3 Å². The summed E-state index contributed by atoms with van der Waals surface area (Å²) in [5.74, 6) is -1.76. The number of nitrogens with zero attached hydrogens (tertiary/aromatic N) is 3. The van der Waals surface area contributed by atoms with E-state index in [2.05, 4.69) is 20.0 Å². The lowest BCUT2D eigenvalue weighted by atomic mass is 9.97. The van der Waals surface area contributed by atoms with E-state index in [-0.39, 0.29) is 35.4 Å². The molecule has 1 aromatic heterocycles. The molecule has 13 heteroatoms. The van der Waals surface area contributed by atoms with Gasteiger partial charge < -0.3 is 5.32 Å². The molecule has 190 valence electrons. The standard InChI is InChI=1S/C23H24FN5O5S2/c24-21-5-2-1-4-18(21)16-35(31,32)29-14-10-17(11-15-29)22(30)27-19-6-8-20(9-7-19)36(33,34)28-23-25-12-3-13-26-23/h1-9,12-13,17H,10-11,14-16H2,(H,27,30)(H,25,26,28). The van der Waals surface area contributed by atoms with Crippen LogP contribution in [0.2, 0.25) is 0 Å². The molecule has 0 spiro atoms. The second-order valence-electron chi connectivity index (χ2n) is 8.21. The number of amides is 1. The first kappa shape index (κ1) is 25.7. The van der Waals surface area contributed by atoms with Crippen LogP contribution in [0.3, 0.4) is 0 Å². The third kappa shape index (κ3) is 6.22. The van der Waals surface area contributed by atoms with E-state index in [1.54, 1.807) is 12.1 Å². The van der Waals surface area contributed by atoms with Gasteiger partial charge in [-0.3, -0.25) is 4.79 Å². The van der Waals surface area contributed by atoms with Crippen LogP contribution in [0, 0.1) is 11.7 Å². The van der Waals surface area contributed by atoms with Crippen molar-refractivity contribution in [2.24, 2.45) is 5.92 Å². The van der Waals surface area contributed by atoms with Gasteiger partial charge in [0, 0.05) is 42.7 Å². The smallest absolute Gasteiger partial charge is 0.264 e. The first-order chi connectivity index (χ1) is 17.1. The van der Waals surface area contributed by atoms with Crippen molar-refractivity contribution in [3.63, 3.8) is 0 Å². The Bertz CT molecular complexity index is 1430. The number of sulfonamides is 2. The van der Waals surface area contributed by atoms with Gasteiger partial charge in [0.1, 0.15) is 5.82 Å². The number of hydrogen-bond acceptors (Lipinski definition) is 7. The van der Waals surface area contributed by atoms with Gasteiger partial charge in [0.2, 0.25) is 21.9 Å². The highest BCUT2D eigenvalue weighted by atomic mass is 32.2. The molecule has 2 heterocycles. The van der Waals surface area contributed by atoms with E-state index in [0.29, 0.717) is 18.5 Å². The van der Waals surface area contributed by atoms with Gasteiger partial charge >= 0.3 is 0 Å². The number of piperidine rings is 1. The number of halogens is 1. The fourth-order valence-electron chi connectivity index (χ4n) is 3.79. The van der Waals surface area contributed by atoms with E-state index >= 15 is 0 Å². The zero-order valence-electron chi connectivity index (χ0n) is 19.0. The molecule has 1 amide bonds. The van der Waals surface area contributed by atoms with E-state index in [0.717, 1.165) is 0 Å². The van der Waals surface area contributed by atoms with Gasteiger partial charge in [-0.1, -0.05) is 18.2 Å². The molecule has 36 heavy (non-hydrogen) atoms. The van der Waals surface area contributed by atoms with Crippen molar-refractivity contribution >= 4 is 37.6 Å². The summed E-state index contributed by atoms with van der Waals surface area (Å²) in [7, 11) is -7.62. The fraction of sp³-hybridized carbons (Fsp3) is 0.261. The molecule has 1 saturated heterocycles. The van der Waals surface area contributed by atoms with Crippen molar-refractivity contribution in [2.75, 3.05) is 23.1 Å². The van der Waals surface area contributed by atoms with E-state index in [4.69, 9.17) is 0 Å². The van der Waals surface area contributed by atoms with Gasteiger partial charge in [-0.2, -0.15) is 0 Å². The molecule has 2 aromatic carbocycles. The Balaban J connectivity index is 1.31. The monoisotopic (exact) mass is 533 g/mol. The van der Waals surface area contributed by atoms with Crippen LogP contribution in [0.4, 0.5) is 16.0 Å². The van der Waals surface area contributed by atoms with Crippen LogP contribution in [0.15, 0.2) is 71.9 Å². The van der Waals surface area contributed by atoms with Crippen LogP contribution in [-0.2, 0) is 30.6 Å². The minimum Gasteiger partial charge on any atom is -0.326 e. The van der Waals surface area contributed by atoms with Gasteiger partial charge in [0.25, 0.3) is 10.0 Å². The lowest BCUT2D eigenvalue weighted by Gasteiger charge is -2.30. The zero-order chi connectivity index (χ0) is 25.8. The molecule has 4 rings (SSSR count).